The maximum atomic E-state index is 8.93. The van der Waals surface area contributed by atoms with Crippen LogP contribution in [0.3, 0.4) is 0 Å². The molecule has 1 fully saturated rings. The van der Waals surface area contributed by atoms with E-state index in [1.54, 1.807) is 22.8 Å². The standard InChI is InChI=1S/C19H18N4O/c20-12-14-6-8-15(9-7-14)17-13-21-18-10-11-19(22-23(17)18)24-16-4-2-1-3-5-16/h6-11,13,16H,1-5H2. The van der Waals surface area contributed by atoms with Crippen LogP contribution >= 0.6 is 0 Å². The van der Waals surface area contributed by atoms with E-state index in [9.17, 15) is 0 Å². The van der Waals surface area contributed by atoms with Crippen LogP contribution in [-0.2, 0) is 0 Å². The van der Waals surface area contributed by atoms with Gasteiger partial charge in [0.1, 0.15) is 6.10 Å². The molecule has 24 heavy (non-hydrogen) atoms. The van der Waals surface area contributed by atoms with Gasteiger partial charge in [0.25, 0.3) is 0 Å². The van der Waals surface area contributed by atoms with Gasteiger partial charge in [0.05, 0.1) is 23.5 Å². The Balaban J connectivity index is 1.66. The Hall–Kier alpha value is -2.87. The van der Waals surface area contributed by atoms with E-state index in [2.05, 4.69) is 16.2 Å². The predicted molar refractivity (Wildman–Crippen MR) is 90.6 cm³/mol. The Bertz CT molecular complexity index is 886. The molecule has 0 aliphatic heterocycles. The third kappa shape index (κ3) is 2.83. The highest BCUT2D eigenvalue weighted by atomic mass is 16.5. The number of nitrogens with zero attached hydrogens (tertiary/aromatic N) is 4. The number of hydrogen-bond donors (Lipinski definition) is 0. The van der Waals surface area contributed by atoms with E-state index in [-0.39, 0.29) is 6.10 Å². The fraction of sp³-hybridized carbons (Fsp3) is 0.316. The fourth-order valence-corrected chi connectivity index (χ4v) is 3.19. The summed E-state index contributed by atoms with van der Waals surface area (Å²) in [5.74, 6) is 0.641. The maximum absolute atomic E-state index is 8.93. The zero-order valence-corrected chi connectivity index (χ0v) is 13.4. The Kier molecular flexibility index (Phi) is 3.87. The highest BCUT2D eigenvalue weighted by Gasteiger charge is 2.16. The van der Waals surface area contributed by atoms with E-state index in [0.29, 0.717) is 11.4 Å². The van der Waals surface area contributed by atoms with Crippen LogP contribution in [0, 0.1) is 11.3 Å². The molecule has 1 aromatic carbocycles. The van der Waals surface area contributed by atoms with Gasteiger partial charge in [-0.05, 0) is 43.9 Å². The number of aromatic nitrogens is 3. The second-order valence-electron chi connectivity index (χ2n) is 6.15. The van der Waals surface area contributed by atoms with Gasteiger partial charge in [0, 0.05) is 11.6 Å². The second-order valence-corrected chi connectivity index (χ2v) is 6.15. The molecule has 0 bridgehead atoms. The molecular weight excluding hydrogens is 300 g/mol. The van der Waals surface area contributed by atoms with Crippen LogP contribution in [0.2, 0.25) is 0 Å². The molecule has 1 aliphatic carbocycles. The van der Waals surface area contributed by atoms with E-state index >= 15 is 0 Å². The van der Waals surface area contributed by atoms with Gasteiger partial charge in [0.2, 0.25) is 5.88 Å². The van der Waals surface area contributed by atoms with Crippen LogP contribution in [0.4, 0.5) is 0 Å². The van der Waals surface area contributed by atoms with Crippen LogP contribution in [0.1, 0.15) is 37.7 Å². The molecule has 1 saturated carbocycles. The lowest BCUT2D eigenvalue weighted by Gasteiger charge is -2.22. The van der Waals surface area contributed by atoms with Crippen molar-refractivity contribution in [2.24, 2.45) is 0 Å². The average molecular weight is 318 g/mol. The molecule has 0 radical (unpaired) electrons. The quantitative estimate of drug-likeness (QED) is 0.733. The molecule has 1 aliphatic rings. The normalized spacial score (nSPS) is 15.3. The molecule has 4 rings (SSSR count). The lowest BCUT2D eigenvalue weighted by atomic mass is 9.98. The Morgan fingerprint density at radius 2 is 1.83 bits per heavy atom. The number of nitriles is 1. The van der Waals surface area contributed by atoms with Gasteiger partial charge < -0.3 is 4.74 Å². The number of ether oxygens (including phenoxy) is 1. The fourth-order valence-electron chi connectivity index (χ4n) is 3.19. The molecule has 5 nitrogen and oxygen atoms in total. The molecule has 0 saturated heterocycles. The van der Waals surface area contributed by atoms with Gasteiger partial charge >= 0.3 is 0 Å². The highest BCUT2D eigenvalue weighted by Crippen LogP contribution is 2.24. The van der Waals surface area contributed by atoms with Crippen LogP contribution < -0.4 is 4.74 Å². The molecule has 0 atom stereocenters. The van der Waals surface area contributed by atoms with Crippen molar-refractivity contribution >= 4 is 5.65 Å². The Morgan fingerprint density at radius 3 is 2.58 bits per heavy atom. The zero-order valence-electron chi connectivity index (χ0n) is 13.4. The molecule has 3 aromatic rings. The van der Waals surface area contributed by atoms with Crippen LogP contribution in [0.25, 0.3) is 16.9 Å². The van der Waals surface area contributed by atoms with E-state index in [4.69, 9.17) is 10.00 Å². The molecule has 5 heteroatoms. The minimum atomic E-state index is 0.269. The molecule has 0 N–H and O–H groups in total. The summed E-state index contributed by atoms with van der Waals surface area (Å²) in [6.07, 6.45) is 8.04. The van der Waals surface area contributed by atoms with E-state index in [1.807, 2.05) is 24.3 Å². The SMILES string of the molecule is N#Cc1ccc(-c2cnc3ccc(OC4CCCCC4)nn23)cc1. The average Bonchev–Trinajstić information content (AvgIpc) is 3.06. The minimum absolute atomic E-state index is 0.269. The number of fused-ring (bicyclic) bond motifs is 1. The van der Waals surface area contributed by atoms with Gasteiger partial charge in [-0.3, -0.25) is 0 Å². The molecule has 0 unspecified atom stereocenters. The van der Waals surface area contributed by atoms with Gasteiger partial charge in [-0.15, -0.1) is 5.10 Å². The van der Waals surface area contributed by atoms with Crippen molar-refractivity contribution in [3.63, 3.8) is 0 Å². The second kappa shape index (κ2) is 6.32. The summed E-state index contributed by atoms with van der Waals surface area (Å²) in [5.41, 5.74) is 3.29. The smallest absolute Gasteiger partial charge is 0.232 e. The molecule has 0 spiro atoms. The maximum Gasteiger partial charge on any atom is 0.232 e. The summed E-state index contributed by atoms with van der Waals surface area (Å²) in [4.78, 5) is 4.41. The monoisotopic (exact) mass is 318 g/mol. The number of hydrogen-bond acceptors (Lipinski definition) is 4. The third-order valence-electron chi connectivity index (χ3n) is 4.49. The molecule has 0 amide bonds. The topological polar surface area (TPSA) is 63.2 Å². The lowest BCUT2D eigenvalue weighted by molar-refractivity contribution is 0.147. The summed E-state index contributed by atoms with van der Waals surface area (Å²) < 4.78 is 7.86. The van der Waals surface area contributed by atoms with Crippen LogP contribution in [0.5, 0.6) is 5.88 Å². The summed E-state index contributed by atoms with van der Waals surface area (Å²) in [5, 5.41) is 13.5. The van der Waals surface area contributed by atoms with Crippen LogP contribution in [-0.4, -0.2) is 20.7 Å². The summed E-state index contributed by atoms with van der Waals surface area (Å²) >= 11 is 0. The summed E-state index contributed by atoms with van der Waals surface area (Å²) in [6, 6.07) is 13.4. The largest absolute Gasteiger partial charge is 0.473 e. The van der Waals surface area contributed by atoms with Gasteiger partial charge in [-0.25, -0.2) is 9.50 Å². The first kappa shape index (κ1) is 14.7. The van der Waals surface area contributed by atoms with Gasteiger partial charge in [0.15, 0.2) is 5.65 Å². The van der Waals surface area contributed by atoms with Crippen molar-refractivity contribution in [1.82, 2.24) is 14.6 Å². The van der Waals surface area contributed by atoms with E-state index in [1.165, 1.54) is 19.3 Å². The first-order valence-corrected chi connectivity index (χ1v) is 8.35. The molecule has 120 valence electrons. The third-order valence-corrected chi connectivity index (χ3v) is 4.49. The molecular formula is C19H18N4O. The van der Waals surface area contributed by atoms with E-state index < -0.39 is 0 Å². The van der Waals surface area contributed by atoms with E-state index in [0.717, 1.165) is 29.7 Å². The van der Waals surface area contributed by atoms with Crippen molar-refractivity contribution in [2.75, 3.05) is 0 Å². The zero-order chi connectivity index (χ0) is 16.4. The first-order chi connectivity index (χ1) is 11.8. The molecule has 2 heterocycles. The number of rotatable bonds is 3. The minimum Gasteiger partial charge on any atom is -0.473 e. The van der Waals surface area contributed by atoms with Crippen molar-refractivity contribution in [3.8, 4) is 23.2 Å². The van der Waals surface area contributed by atoms with Crippen molar-refractivity contribution in [3.05, 3.63) is 48.2 Å². The number of imidazole rings is 1. The summed E-state index contributed by atoms with van der Waals surface area (Å²) in [7, 11) is 0. The Morgan fingerprint density at radius 1 is 1.04 bits per heavy atom. The predicted octanol–water partition coefficient (Wildman–Crippen LogP) is 3.98. The van der Waals surface area contributed by atoms with Crippen molar-refractivity contribution in [1.29, 1.82) is 5.26 Å². The summed E-state index contributed by atoms with van der Waals surface area (Å²) in [6.45, 7) is 0. The van der Waals surface area contributed by atoms with Crippen molar-refractivity contribution < 1.29 is 4.74 Å². The molecule has 2 aromatic heterocycles. The van der Waals surface area contributed by atoms with Crippen LogP contribution in [0.15, 0.2) is 42.6 Å². The highest BCUT2D eigenvalue weighted by molar-refractivity contribution is 5.63. The van der Waals surface area contributed by atoms with Gasteiger partial charge in [-0.2, -0.15) is 5.26 Å². The lowest BCUT2D eigenvalue weighted by Crippen LogP contribution is -2.20. The number of benzene rings is 1. The van der Waals surface area contributed by atoms with Crippen molar-refractivity contribution in [2.45, 2.75) is 38.2 Å². The van der Waals surface area contributed by atoms with Gasteiger partial charge in [-0.1, -0.05) is 18.6 Å². The first-order valence-electron chi connectivity index (χ1n) is 8.35. The Labute approximate surface area is 140 Å².